The summed E-state index contributed by atoms with van der Waals surface area (Å²) < 4.78 is 1.78. The minimum absolute atomic E-state index is 0.0456. The fraction of sp³-hybridized carbons (Fsp3) is 0.500. The largest absolute Gasteiger partial charge is 0.340 e. The number of hydrogen-bond acceptors (Lipinski definition) is 4. The lowest BCUT2D eigenvalue weighted by Gasteiger charge is -2.32. The second-order valence-electron chi connectivity index (χ2n) is 6.47. The number of aromatic nitrogens is 2. The summed E-state index contributed by atoms with van der Waals surface area (Å²) in [6, 6.07) is 3.77. The van der Waals surface area contributed by atoms with Crippen molar-refractivity contribution in [1.82, 2.24) is 14.7 Å². The van der Waals surface area contributed by atoms with Crippen molar-refractivity contribution < 1.29 is 9.59 Å². The Bertz CT molecular complexity index is 749. The third kappa shape index (κ3) is 3.29. The standard InChI is InChI=1S/C18H23N3O2S/c1-12-13(2)19-21(14(12)3)11-17(22)20-8-4-6-15(10-20)18(23)16-7-5-9-24-16/h5,7,9,15H,4,6,8,10-11H2,1-3H3/t15-/m1/s1. The van der Waals surface area contributed by atoms with Crippen LogP contribution in [-0.4, -0.2) is 39.5 Å². The van der Waals surface area contributed by atoms with Crippen molar-refractivity contribution in [3.8, 4) is 0 Å². The SMILES string of the molecule is Cc1nn(CC(=O)N2CCC[C@@H](C(=O)c3cccs3)C2)c(C)c1C. The molecular formula is C18H23N3O2S. The van der Waals surface area contributed by atoms with E-state index in [-0.39, 0.29) is 24.2 Å². The van der Waals surface area contributed by atoms with Gasteiger partial charge in [-0.15, -0.1) is 11.3 Å². The number of likely N-dealkylation sites (tertiary alicyclic amines) is 1. The van der Waals surface area contributed by atoms with Crippen LogP contribution in [0.5, 0.6) is 0 Å². The number of ketones is 1. The van der Waals surface area contributed by atoms with Crippen molar-refractivity contribution in [3.63, 3.8) is 0 Å². The second-order valence-corrected chi connectivity index (χ2v) is 7.42. The molecule has 6 heteroatoms. The molecule has 0 spiro atoms. The first kappa shape index (κ1) is 16.9. The Morgan fingerprint density at radius 3 is 2.75 bits per heavy atom. The Labute approximate surface area is 146 Å². The van der Waals surface area contributed by atoms with Crippen LogP contribution in [0.4, 0.5) is 0 Å². The molecule has 1 aliphatic heterocycles. The molecule has 0 bridgehead atoms. The maximum absolute atomic E-state index is 12.7. The highest BCUT2D eigenvalue weighted by Gasteiger charge is 2.29. The molecule has 1 saturated heterocycles. The molecule has 0 unspecified atom stereocenters. The van der Waals surface area contributed by atoms with Crippen molar-refractivity contribution in [3.05, 3.63) is 39.3 Å². The third-order valence-corrected chi connectivity index (χ3v) is 5.82. The molecule has 3 rings (SSSR count). The minimum Gasteiger partial charge on any atom is -0.340 e. The summed E-state index contributed by atoms with van der Waals surface area (Å²) in [5, 5.41) is 6.36. The van der Waals surface area contributed by atoms with E-state index in [4.69, 9.17) is 0 Å². The van der Waals surface area contributed by atoms with E-state index in [0.29, 0.717) is 6.54 Å². The van der Waals surface area contributed by atoms with Gasteiger partial charge in [0, 0.05) is 24.7 Å². The zero-order valence-electron chi connectivity index (χ0n) is 14.4. The number of amides is 1. The fourth-order valence-electron chi connectivity index (χ4n) is 3.21. The van der Waals surface area contributed by atoms with Gasteiger partial charge in [-0.2, -0.15) is 5.10 Å². The van der Waals surface area contributed by atoms with Crippen LogP contribution in [0.15, 0.2) is 17.5 Å². The van der Waals surface area contributed by atoms with E-state index in [1.807, 2.05) is 43.2 Å². The average molecular weight is 345 g/mol. The lowest BCUT2D eigenvalue weighted by atomic mass is 9.93. The molecule has 0 aromatic carbocycles. The van der Waals surface area contributed by atoms with E-state index in [0.717, 1.165) is 41.2 Å². The van der Waals surface area contributed by atoms with Crippen LogP contribution in [0.25, 0.3) is 0 Å². The summed E-state index contributed by atoms with van der Waals surface area (Å²) in [7, 11) is 0. The molecule has 1 atom stereocenters. The molecule has 2 aromatic heterocycles. The molecule has 128 valence electrons. The number of piperidine rings is 1. The van der Waals surface area contributed by atoms with Crippen LogP contribution in [0.3, 0.4) is 0 Å². The van der Waals surface area contributed by atoms with Gasteiger partial charge in [-0.25, -0.2) is 0 Å². The summed E-state index contributed by atoms with van der Waals surface area (Å²) in [4.78, 5) is 27.8. The monoisotopic (exact) mass is 345 g/mol. The lowest BCUT2D eigenvalue weighted by Crippen LogP contribution is -2.43. The van der Waals surface area contributed by atoms with Crippen molar-refractivity contribution in [2.24, 2.45) is 5.92 Å². The number of aryl methyl sites for hydroxylation is 1. The highest BCUT2D eigenvalue weighted by molar-refractivity contribution is 7.12. The van der Waals surface area contributed by atoms with Gasteiger partial charge in [-0.3, -0.25) is 14.3 Å². The van der Waals surface area contributed by atoms with Gasteiger partial charge in [0.15, 0.2) is 5.78 Å². The molecule has 2 aromatic rings. The minimum atomic E-state index is -0.0801. The van der Waals surface area contributed by atoms with Gasteiger partial charge in [-0.1, -0.05) is 6.07 Å². The van der Waals surface area contributed by atoms with Crippen molar-refractivity contribution in [2.75, 3.05) is 13.1 Å². The molecule has 1 amide bonds. The lowest BCUT2D eigenvalue weighted by molar-refractivity contribution is -0.133. The number of nitrogens with zero attached hydrogens (tertiary/aromatic N) is 3. The summed E-state index contributed by atoms with van der Waals surface area (Å²) in [5.74, 6) is 0.136. The highest BCUT2D eigenvalue weighted by Crippen LogP contribution is 2.23. The summed E-state index contributed by atoms with van der Waals surface area (Å²) in [6.07, 6.45) is 1.74. The number of carbonyl (C=O) groups is 2. The van der Waals surface area contributed by atoms with E-state index in [1.165, 1.54) is 11.3 Å². The quantitative estimate of drug-likeness (QED) is 0.801. The molecule has 0 saturated carbocycles. The number of Topliss-reactive ketones (excluding diaryl/α,β-unsaturated/α-hetero) is 1. The van der Waals surface area contributed by atoms with E-state index in [2.05, 4.69) is 5.10 Å². The van der Waals surface area contributed by atoms with Gasteiger partial charge in [0.1, 0.15) is 6.54 Å². The fourth-order valence-corrected chi connectivity index (χ4v) is 3.95. The first-order valence-electron chi connectivity index (χ1n) is 8.33. The molecule has 3 heterocycles. The third-order valence-electron chi connectivity index (χ3n) is 4.94. The molecule has 1 fully saturated rings. The summed E-state index contributed by atoms with van der Waals surface area (Å²) >= 11 is 1.48. The number of hydrogen-bond donors (Lipinski definition) is 0. The predicted octanol–water partition coefficient (Wildman–Crippen LogP) is 2.99. The Kier molecular flexibility index (Phi) is 4.85. The zero-order valence-corrected chi connectivity index (χ0v) is 15.2. The normalized spacial score (nSPS) is 18.0. The van der Waals surface area contributed by atoms with Gasteiger partial charge < -0.3 is 4.90 Å². The van der Waals surface area contributed by atoms with Crippen LogP contribution in [0, 0.1) is 26.7 Å². The van der Waals surface area contributed by atoms with E-state index in [1.54, 1.807) is 4.68 Å². The van der Waals surface area contributed by atoms with Gasteiger partial charge in [0.2, 0.25) is 5.91 Å². The number of carbonyl (C=O) groups excluding carboxylic acids is 2. The summed E-state index contributed by atoms with van der Waals surface area (Å²) in [6.45, 7) is 7.47. The van der Waals surface area contributed by atoms with Crippen molar-refractivity contribution in [2.45, 2.75) is 40.2 Å². The highest BCUT2D eigenvalue weighted by atomic mass is 32.1. The Hall–Kier alpha value is -1.95. The zero-order chi connectivity index (χ0) is 17.3. The maximum atomic E-state index is 12.7. The molecule has 1 aliphatic rings. The second kappa shape index (κ2) is 6.89. The molecule has 0 N–H and O–H groups in total. The van der Waals surface area contributed by atoms with E-state index in [9.17, 15) is 9.59 Å². The topological polar surface area (TPSA) is 55.2 Å². The van der Waals surface area contributed by atoms with Crippen LogP contribution < -0.4 is 0 Å². The van der Waals surface area contributed by atoms with Gasteiger partial charge in [0.25, 0.3) is 0 Å². The number of rotatable bonds is 4. The van der Waals surface area contributed by atoms with E-state index >= 15 is 0 Å². The van der Waals surface area contributed by atoms with Gasteiger partial charge >= 0.3 is 0 Å². The number of thiophene rings is 1. The Balaban J connectivity index is 1.67. The first-order chi connectivity index (χ1) is 11.5. The summed E-state index contributed by atoms with van der Waals surface area (Å²) in [5.41, 5.74) is 3.13. The van der Waals surface area contributed by atoms with Gasteiger partial charge in [-0.05, 0) is 50.6 Å². The van der Waals surface area contributed by atoms with Crippen molar-refractivity contribution in [1.29, 1.82) is 0 Å². The van der Waals surface area contributed by atoms with Gasteiger partial charge in [0.05, 0.1) is 10.6 Å². The van der Waals surface area contributed by atoms with Crippen LogP contribution >= 0.6 is 11.3 Å². The smallest absolute Gasteiger partial charge is 0.244 e. The molecule has 0 aliphatic carbocycles. The van der Waals surface area contributed by atoms with Crippen LogP contribution in [0.2, 0.25) is 0 Å². The van der Waals surface area contributed by atoms with E-state index < -0.39 is 0 Å². The molecule has 5 nitrogen and oxygen atoms in total. The Morgan fingerprint density at radius 2 is 2.12 bits per heavy atom. The van der Waals surface area contributed by atoms with Crippen LogP contribution in [0.1, 0.15) is 39.5 Å². The molecule has 0 radical (unpaired) electrons. The first-order valence-corrected chi connectivity index (χ1v) is 9.21. The van der Waals surface area contributed by atoms with Crippen LogP contribution in [-0.2, 0) is 11.3 Å². The maximum Gasteiger partial charge on any atom is 0.244 e. The average Bonchev–Trinajstić information content (AvgIpc) is 3.20. The van der Waals surface area contributed by atoms with Crippen molar-refractivity contribution >= 4 is 23.0 Å². The predicted molar refractivity (Wildman–Crippen MR) is 94.4 cm³/mol. The molecule has 24 heavy (non-hydrogen) atoms. The molecular weight excluding hydrogens is 322 g/mol. The Morgan fingerprint density at radius 1 is 1.33 bits per heavy atom.